The maximum atomic E-state index is 12.9. The van der Waals surface area contributed by atoms with Crippen LogP contribution in [-0.4, -0.2) is 35.9 Å². The van der Waals surface area contributed by atoms with E-state index in [-0.39, 0.29) is 11.7 Å². The van der Waals surface area contributed by atoms with Crippen molar-refractivity contribution in [3.05, 3.63) is 108 Å². The normalized spacial score (nSPS) is 12.2. The van der Waals surface area contributed by atoms with E-state index in [9.17, 15) is 9.59 Å². The van der Waals surface area contributed by atoms with Crippen molar-refractivity contribution < 1.29 is 9.59 Å². The number of carbonyl (C=O) groups excluding carboxylic acids is 2. The Morgan fingerprint density at radius 3 is 1.34 bits per heavy atom. The van der Waals surface area contributed by atoms with Crippen molar-refractivity contribution >= 4 is 23.5 Å². The molecule has 0 saturated heterocycles. The largest absolute Gasteiger partial charge is 0.347 e. The van der Waals surface area contributed by atoms with Crippen LogP contribution in [0.3, 0.4) is 0 Å². The van der Waals surface area contributed by atoms with Crippen LogP contribution in [0.4, 0.5) is 0 Å². The molecular weight excluding hydrogens is 378 g/mol. The van der Waals surface area contributed by atoms with Gasteiger partial charge in [-0.25, -0.2) is 0 Å². The van der Waals surface area contributed by atoms with Gasteiger partial charge in [-0.15, -0.1) is 11.8 Å². The van der Waals surface area contributed by atoms with Crippen LogP contribution in [0.25, 0.3) is 0 Å². The zero-order chi connectivity index (χ0) is 20.9. The van der Waals surface area contributed by atoms with Gasteiger partial charge in [0.15, 0.2) is 5.78 Å². The van der Waals surface area contributed by atoms with Gasteiger partial charge in [0.1, 0.15) is 5.25 Å². The van der Waals surface area contributed by atoms with E-state index >= 15 is 0 Å². The minimum atomic E-state index is -0.814. The quantitative estimate of drug-likeness (QED) is 0.422. The van der Waals surface area contributed by atoms with Crippen LogP contribution < -0.4 is 0 Å². The number of rotatable bonds is 7. The minimum absolute atomic E-state index is 0.152. The second-order valence-electron chi connectivity index (χ2n) is 7.12. The van der Waals surface area contributed by atoms with Crippen molar-refractivity contribution in [1.82, 2.24) is 4.90 Å². The first-order valence-electron chi connectivity index (χ1n) is 9.53. The number of amides is 1. The number of hydrogen-bond donors (Lipinski definition) is 0. The van der Waals surface area contributed by atoms with Crippen LogP contribution in [0.5, 0.6) is 0 Å². The Balaban J connectivity index is 2.30. The van der Waals surface area contributed by atoms with Crippen molar-refractivity contribution in [2.75, 3.05) is 14.1 Å². The number of nitrogens with zero attached hydrogens (tertiary/aromatic N) is 1. The summed E-state index contributed by atoms with van der Waals surface area (Å²) in [6.45, 7) is 1.49. The summed E-state index contributed by atoms with van der Waals surface area (Å²) in [5.41, 5.74) is 3.08. The van der Waals surface area contributed by atoms with Gasteiger partial charge in [0.2, 0.25) is 5.91 Å². The molecule has 0 N–H and O–H groups in total. The molecule has 3 aromatic rings. The SMILES string of the molecule is CC(=O)[C@H](SC(c1ccccc1)(c1ccccc1)c1ccccc1)C(=O)N(C)C. The summed E-state index contributed by atoms with van der Waals surface area (Å²) < 4.78 is -0.703. The smallest absolute Gasteiger partial charge is 0.242 e. The number of benzene rings is 3. The van der Waals surface area contributed by atoms with E-state index in [2.05, 4.69) is 36.4 Å². The third-order valence-corrected chi connectivity index (χ3v) is 6.70. The second kappa shape index (κ2) is 9.10. The molecule has 0 unspecified atom stereocenters. The highest BCUT2D eigenvalue weighted by Crippen LogP contribution is 2.50. The lowest BCUT2D eigenvalue weighted by molar-refractivity contribution is -0.132. The number of hydrogen-bond acceptors (Lipinski definition) is 3. The fourth-order valence-corrected chi connectivity index (χ4v) is 5.09. The van der Waals surface area contributed by atoms with Crippen LogP contribution in [0, 0.1) is 0 Å². The monoisotopic (exact) mass is 403 g/mol. The standard InChI is InChI=1S/C25H25NO2S/c1-19(27)23(24(28)26(2)3)29-25(20-13-7-4-8-14-20,21-15-9-5-10-16-21)22-17-11-6-12-18-22/h4-18,23H,1-3H3/t23-/m0/s1. The van der Waals surface area contributed by atoms with Gasteiger partial charge in [0.05, 0.1) is 4.75 Å². The maximum absolute atomic E-state index is 12.9. The number of carbonyl (C=O) groups is 2. The lowest BCUT2D eigenvalue weighted by atomic mass is 9.84. The molecular formula is C25H25NO2S. The Morgan fingerprint density at radius 1 is 0.724 bits per heavy atom. The van der Waals surface area contributed by atoms with E-state index in [0.29, 0.717) is 0 Å². The molecule has 0 heterocycles. The van der Waals surface area contributed by atoms with Gasteiger partial charge >= 0.3 is 0 Å². The van der Waals surface area contributed by atoms with Gasteiger partial charge in [0.25, 0.3) is 0 Å². The van der Waals surface area contributed by atoms with E-state index in [1.165, 1.54) is 23.6 Å². The van der Waals surface area contributed by atoms with Crippen molar-refractivity contribution in [2.45, 2.75) is 16.9 Å². The molecule has 0 aromatic heterocycles. The molecule has 3 aromatic carbocycles. The van der Waals surface area contributed by atoms with Crippen LogP contribution in [-0.2, 0) is 14.3 Å². The number of ketones is 1. The molecule has 0 saturated carbocycles. The molecule has 1 amide bonds. The predicted molar refractivity (Wildman–Crippen MR) is 120 cm³/mol. The summed E-state index contributed by atoms with van der Waals surface area (Å²) in [6.07, 6.45) is 0. The van der Waals surface area contributed by atoms with E-state index < -0.39 is 10.00 Å². The summed E-state index contributed by atoms with van der Waals surface area (Å²) in [5.74, 6) is -0.351. The molecule has 0 aliphatic heterocycles. The minimum Gasteiger partial charge on any atom is -0.347 e. The van der Waals surface area contributed by atoms with Crippen molar-refractivity contribution in [3.8, 4) is 0 Å². The third kappa shape index (κ3) is 4.28. The van der Waals surface area contributed by atoms with E-state index in [1.807, 2.05) is 54.6 Å². The summed E-state index contributed by atoms with van der Waals surface area (Å²) >= 11 is 1.40. The highest BCUT2D eigenvalue weighted by atomic mass is 32.2. The Kier molecular flexibility index (Phi) is 6.55. The Morgan fingerprint density at radius 2 is 1.07 bits per heavy atom. The van der Waals surface area contributed by atoms with Crippen LogP contribution in [0.2, 0.25) is 0 Å². The topological polar surface area (TPSA) is 37.4 Å². The van der Waals surface area contributed by atoms with E-state index in [4.69, 9.17) is 0 Å². The molecule has 0 spiro atoms. The van der Waals surface area contributed by atoms with Gasteiger partial charge in [-0.3, -0.25) is 9.59 Å². The average molecular weight is 404 g/mol. The Bertz CT molecular complexity index is 859. The molecule has 148 valence electrons. The second-order valence-corrected chi connectivity index (χ2v) is 8.44. The van der Waals surface area contributed by atoms with Crippen molar-refractivity contribution in [3.63, 3.8) is 0 Å². The molecule has 0 aliphatic carbocycles. The van der Waals surface area contributed by atoms with Gasteiger partial charge in [-0.2, -0.15) is 0 Å². The van der Waals surface area contributed by atoms with Gasteiger partial charge in [0, 0.05) is 14.1 Å². The van der Waals surface area contributed by atoms with Crippen LogP contribution in [0.1, 0.15) is 23.6 Å². The fourth-order valence-electron chi connectivity index (χ4n) is 3.44. The summed E-state index contributed by atoms with van der Waals surface area (Å²) in [6, 6.07) is 30.2. The Labute approximate surface area is 176 Å². The highest BCUT2D eigenvalue weighted by Gasteiger charge is 2.42. The molecule has 0 bridgehead atoms. The maximum Gasteiger partial charge on any atom is 0.242 e. The first-order valence-corrected chi connectivity index (χ1v) is 10.4. The Hall–Kier alpha value is -2.85. The van der Waals surface area contributed by atoms with Gasteiger partial charge < -0.3 is 4.90 Å². The summed E-state index contributed by atoms with van der Waals surface area (Å²) in [4.78, 5) is 27.0. The molecule has 1 atom stereocenters. The first kappa shape index (κ1) is 20.9. The zero-order valence-corrected chi connectivity index (χ0v) is 17.7. The lowest BCUT2D eigenvalue weighted by Gasteiger charge is -2.37. The van der Waals surface area contributed by atoms with Crippen molar-refractivity contribution in [1.29, 1.82) is 0 Å². The molecule has 0 aliphatic rings. The third-order valence-electron chi connectivity index (χ3n) is 4.87. The van der Waals surface area contributed by atoms with Gasteiger partial charge in [-0.1, -0.05) is 91.0 Å². The predicted octanol–water partition coefficient (Wildman–Crippen LogP) is 4.76. The summed E-state index contributed by atoms with van der Waals surface area (Å²) in [7, 11) is 3.38. The van der Waals surface area contributed by atoms with E-state index in [0.717, 1.165) is 16.7 Å². The van der Waals surface area contributed by atoms with Crippen molar-refractivity contribution in [2.24, 2.45) is 0 Å². The first-order chi connectivity index (χ1) is 14.0. The molecule has 0 radical (unpaired) electrons. The zero-order valence-electron chi connectivity index (χ0n) is 16.9. The average Bonchev–Trinajstić information content (AvgIpc) is 2.76. The van der Waals surface area contributed by atoms with E-state index in [1.54, 1.807) is 14.1 Å². The van der Waals surface area contributed by atoms with Gasteiger partial charge in [-0.05, 0) is 23.6 Å². The molecule has 3 nitrogen and oxygen atoms in total. The van der Waals surface area contributed by atoms with Crippen LogP contribution in [0.15, 0.2) is 91.0 Å². The fraction of sp³-hybridized carbons (Fsp3) is 0.200. The molecule has 0 fully saturated rings. The highest BCUT2D eigenvalue weighted by molar-refractivity contribution is 8.02. The molecule has 3 rings (SSSR count). The molecule has 29 heavy (non-hydrogen) atoms. The van der Waals surface area contributed by atoms with Crippen LogP contribution >= 0.6 is 11.8 Å². The molecule has 4 heteroatoms. The number of Topliss-reactive ketones (excluding diaryl/α,β-unsaturated/α-hetero) is 1. The lowest BCUT2D eigenvalue weighted by Crippen LogP contribution is -2.40. The number of thioether (sulfide) groups is 1. The summed E-state index contributed by atoms with van der Waals surface area (Å²) in [5, 5.41) is -0.814.